The molecule has 1 fully saturated rings. The van der Waals surface area contributed by atoms with Crippen molar-refractivity contribution in [2.45, 2.75) is 45.6 Å². The number of carbonyl (C=O) groups is 1. The number of hydrogen-bond acceptors (Lipinski definition) is 2. The van der Waals surface area contributed by atoms with Crippen LogP contribution in [0.4, 0.5) is 0 Å². The topological polar surface area (TPSA) is 55.1 Å². The highest BCUT2D eigenvalue weighted by atomic mass is 16.2. The first kappa shape index (κ1) is 11.5. The summed E-state index contributed by atoms with van der Waals surface area (Å²) in [6.45, 7) is 4.80. The molecule has 1 rings (SSSR count). The molecule has 0 bridgehead atoms. The molecule has 0 aromatic heterocycles. The molecule has 1 amide bonds. The fourth-order valence-corrected chi connectivity index (χ4v) is 1.51. The van der Waals surface area contributed by atoms with E-state index in [1.807, 2.05) is 0 Å². The van der Waals surface area contributed by atoms with Crippen LogP contribution >= 0.6 is 0 Å². The Hall–Kier alpha value is -0.570. The predicted octanol–water partition coefficient (Wildman–Crippen LogP) is 1.28. The van der Waals surface area contributed by atoms with Crippen LogP contribution in [0.1, 0.15) is 39.5 Å². The minimum Gasteiger partial charge on any atom is -0.353 e. The zero-order chi connectivity index (χ0) is 10.6. The Balaban J connectivity index is 2.30. The normalized spacial score (nSPS) is 20.2. The standard InChI is InChI=1S/C11H22N2O/c1-3-8(2)6-9(7-12)11(14)13-10-4-5-10/h8-10H,3-7,12H2,1-2H3,(H,13,14). The van der Waals surface area contributed by atoms with E-state index in [2.05, 4.69) is 19.2 Å². The van der Waals surface area contributed by atoms with Crippen LogP contribution < -0.4 is 11.1 Å². The molecule has 2 atom stereocenters. The molecule has 1 aliphatic carbocycles. The average Bonchev–Trinajstić information content (AvgIpc) is 2.97. The third-order valence-electron chi connectivity index (χ3n) is 2.96. The second kappa shape index (κ2) is 5.35. The molecule has 2 unspecified atom stereocenters. The lowest BCUT2D eigenvalue weighted by atomic mass is 9.93. The minimum absolute atomic E-state index is 0.0190. The Bertz CT molecular complexity index is 190. The molecule has 82 valence electrons. The van der Waals surface area contributed by atoms with Crippen LogP contribution in [0.15, 0.2) is 0 Å². The molecule has 3 N–H and O–H groups in total. The van der Waals surface area contributed by atoms with Crippen molar-refractivity contribution in [2.24, 2.45) is 17.6 Å². The predicted molar refractivity (Wildman–Crippen MR) is 57.8 cm³/mol. The number of nitrogens with two attached hydrogens (primary N) is 1. The summed E-state index contributed by atoms with van der Waals surface area (Å²) in [5.74, 6) is 0.773. The van der Waals surface area contributed by atoms with Crippen LogP contribution in [0.3, 0.4) is 0 Å². The van der Waals surface area contributed by atoms with Gasteiger partial charge in [-0.3, -0.25) is 4.79 Å². The maximum Gasteiger partial charge on any atom is 0.224 e. The van der Waals surface area contributed by atoms with E-state index in [1.165, 1.54) is 0 Å². The highest BCUT2D eigenvalue weighted by Gasteiger charge is 2.27. The fraction of sp³-hybridized carbons (Fsp3) is 0.909. The van der Waals surface area contributed by atoms with Crippen molar-refractivity contribution in [1.82, 2.24) is 5.32 Å². The van der Waals surface area contributed by atoms with E-state index in [0.717, 1.165) is 25.7 Å². The Morgan fingerprint density at radius 3 is 2.64 bits per heavy atom. The van der Waals surface area contributed by atoms with Gasteiger partial charge in [0, 0.05) is 12.6 Å². The van der Waals surface area contributed by atoms with Gasteiger partial charge in [0.1, 0.15) is 0 Å². The van der Waals surface area contributed by atoms with Gasteiger partial charge in [0.05, 0.1) is 5.92 Å². The molecule has 0 spiro atoms. The molecule has 1 saturated carbocycles. The third kappa shape index (κ3) is 3.66. The lowest BCUT2D eigenvalue weighted by Crippen LogP contribution is -2.37. The number of hydrogen-bond donors (Lipinski definition) is 2. The molecule has 3 nitrogen and oxygen atoms in total. The van der Waals surface area contributed by atoms with Gasteiger partial charge in [-0.25, -0.2) is 0 Å². The smallest absolute Gasteiger partial charge is 0.224 e. The highest BCUT2D eigenvalue weighted by Crippen LogP contribution is 2.21. The molecule has 0 saturated heterocycles. The summed E-state index contributed by atoms with van der Waals surface area (Å²) in [6.07, 6.45) is 4.33. The summed E-state index contributed by atoms with van der Waals surface area (Å²) in [6, 6.07) is 0.452. The van der Waals surface area contributed by atoms with E-state index in [4.69, 9.17) is 5.73 Å². The maximum atomic E-state index is 11.7. The van der Waals surface area contributed by atoms with E-state index >= 15 is 0 Å². The Morgan fingerprint density at radius 2 is 2.21 bits per heavy atom. The molecule has 14 heavy (non-hydrogen) atoms. The molecule has 0 heterocycles. The van der Waals surface area contributed by atoms with Gasteiger partial charge in [-0.1, -0.05) is 20.3 Å². The quantitative estimate of drug-likeness (QED) is 0.675. The van der Waals surface area contributed by atoms with Crippen LogP contribution in [0.2, 0.25) is 0 Å². The first-order valence-corrected chi connectivity index (χ1v) is 5.67. The largest absolute Gasteiger partial charge is 0.353 e. The average molecular weight is 198 g/mol. The van der Waals surface area contributed by atoms with Crippen LogP contribution in [0.25, 0.3) is 0 Å². The monoisotopic (exact) mass is 198 g/mol. The first-order valence-electron chi connectivity index (χ1n) is 5.67. The molecule has 0 aromatic carbocycles. The zero-order valence-electron chi connectivity index (χ0n) is 9.25. The van der Waals surface area contributed by atoms with Gasteiger partial charge in [0.25, 0.3) is 0 Å². The van der Waals surface area contributed by atoms with Crippen molar-refractivity contribution in [3.8, 4) is 0 Å². The number of nitrogens with one attached hydrogen (secondary N) is 1. The minimum atomic E-state index is 0.0190. The third-order valence-corrected chi connectivity index (χ3v) is 2.96. The summed E-state index contributed by atoms with van der Waals surface area (Å²) >= 11 is 0. The van der Waals surface area contributed by atoms with E-state index < -0.39 is 0 Å². The molecular formula is C11H22N2O. The molecule has 3 heteroatoms. The van der Waals surface area contributed by atoms with E-state index in [9.17, 15) is 4.79 Å². The number of amides is 1. The van der Waals surface area contributed by atoms with Gasteiger partial charge in [0.2, 0.25) is 5.91 Å². The van der Waals surface area contributed by atoms with Gasteiger partial charge in [0.15, 0.2) is 0 Å². The second-order valence-corrected chi connectivity index (χ2v) is 4.46. The molecular weight excluding hydrogens is 176 g/mol. The summed E-state index contributed by atoms with van der Waals surface area (Å²) in [5.41, 5.74) is 5.61. The Kier molecular flexibility index (Phi) is 4.39. The van der Waals surface area contributed by atoms with Crippen LogP contribution in [0.5, 0.6) is 0 Å². The van der Waals surface area contributed by atoms with E-state index in [-0.39, 0.29) is 11.8 Å². The first-order chi connectivity index (χ1) is 6.67. The summed E-state index contributed by atoms with van der Waals surface area (Å²) in [5, 5.41) is 3.02. The number of rotatable bonds is 6. The molecule has 0 aliphatic heterocycles. The highest BCUT2D eigenvalue weighted by molar-refractivity contribution is 5.79. The van der Waals surface area contributed by atoms with Crippen LogP contribution in [0, 0.1) is 11.8 Å². The van der Waals surface area contributed by atoms with Gasteiger partial charge in [-0.15, -0.1) is 0 Å². The summed E-state index contributed by atoms with van der Waals surface area (Å²) in [4.78, 5) is 11.7. The van der Waals surface area contributed by atoms with Crippen molar-refractivity contribution in [3.05, 3.63) is 0 Å². The lowest BCUT2D eigenvalue weighted by Gasteiger charge is -2.17. The van der Waals surface area contributed by atoms with Gasteiger partial charge in [-0.2, -0.15) is 0 Å². The van der Waals surface area contributed by atoms with Crippen molar-refractivity contribution in [2.75, 3.05) is 6.54 Å². The van der Waals surface area contributed by atoms with Gasteiger partial charge < -0.3 is 11.1 Å². The molecule has 1 aliphatic rings. The fourth-order valence-electron chi connectivity index (χ4n) is 1.51. The second-order valence-electron chi connectivity index (χ2n) is 4.46. The lowest BCUT2D eigenvalue weighted by molar-refractivity contribution is -0.125. The molecule has 0 radical (unpaired) electrons. The maximum absolute atomic E-state index is 11.7. The Morgan fingerprint density at radius 1 is 1.57 bits per heavy atom. The van der Waals surface area contributed by atoms with Crippen molar-refractivity contribution in [1.29, 1.82) is 0 Å². The van der Waals surface area contributed by atoms with Crippen LogP contribution in [-0.2, 0) is 4.79 Å². The van der Waals surface area contributed by atoms with Gasteiger partial charge >= 0.3 is 0 Å². The summed E-state index contributed by atoms with van der Waals surface area (Å²) in [7, 11) is 0. The van der Waals surface area contributed by atoms with Crippen LogP contribution in [-0.4, -0.2) is 18.5 Å². The van der Waals surface area contributed by atoms with E-state index in [1.54, 1.807) is 0 Å². The number of carbonyl (C=O) groups excluding carboxylic acids is 1. The molecule has 0 aromatic rings. The van der Waals surface area contributed by atoms with E-state index in [0.29, 0.717) is 18.5 Å². The van der Waals surface area contributed by atoms with Crippen molar-refractivity contribution < 1.29 is 4.79 Å². The van der Waals surface area contributed by atoms with Gasteiger partial charge in [-0.05, 0) is 25.2 Å². The Labute approximate surface area is 86.4 Å². The van der Waals surface area contributed by atoms with Crippen molar-refractivity contribution >= 4 is 5.91 Å². The van der Waals surface area contributed by atoms with Crippen molar-refractivity contribution in [3.63, 3.8) is 0 Å². The summed E-state index contributed by atoms with van der Waals surface area (Å²) < 4.78 is 0. The SMILES string of the molecule is CCC(C)CC(CN)C(=O)NC1CC1. The zero-order valence-corrected chi connectivity index (χ0v) is 9.25.